The SMILES string of the molecule is CCOC1(C)OC2C(O1)C1OC2C2OC(C)(OCC)O[C@H]12. The third kappa shape index (κ3) is 1.99. The van der Waals surface area contributed by atoms with Crippen LogP contribution >= 0.6 is 0 Å². The van der Waals surface area contributed by atoms with Crippen molar-refractivity contribution in [2.75, 3.05) is 13.2 Å². The molecular weight excluding hydrogens is 280 g/mol. The molecule has 120 valence electrons. The van der Waals surface area contributed by atoms with Crippen LogP contribution in [0.4, 0.5) is 0 Å². The fourth-order valence-corrected chi connectivity index (χ4v) is 3.85. The zero-order chi connectivity index (χ0) is 14.8. The number of fused-ring (bicyclic) bond motifs is 8. The molecule has 0 aromatic rings. The van der Waals surface area contributed by atoms with Crippen molar-refractivity contribution in [2.45, 2.75) is 76.3 Å². The molecule has 8 atom stereocenters. The predicted molar refractivity (Wildman–Crippen MR) is 68.2 cm³/mol. The van der Waals surface area contributed by atoms with Crippen molar-refractivity contribution in [1.29, 1.82) is 0 Å². The summed E-state index contributed by atoms with van der Waals surface area (Å²) in [5.41, 5.74) is 0. The van der Waals surface area contributed by atoms with Gasteiger partial charge in [-0.05, 0) is 13.8 Å². The van der Waals surface area contributed by atoms with Gasteiger partial charge in [0.05, 0.1) is 0 Å². The lowest BCUT2D eigenvalue weighted by Crippen LogP contribution is -2.49. The molecule has 21 heavy (non-hydrogen) atoms. The molecule has 7 nitrogen and oxygen atoms in total. The standard InChI is InChI=1S/C14H22O7/c1-5-15-13(3)18-9-7-11-12(8(17-7)10(9)19-13)21-14(4,20-11)16-6-2/h7-12H,5-6H2,1-4H3/t7?,8?,9-,10?,11?,12?,13?,14?/m1/s1. The summed E-state index contributed by atoms with van der Waals surface area (Å²) < 4.78 is 40.8. The molecule has 7 heteroatoms. The molecule has 0 aromatic heterocycles. The van der Waals surface area contributed by atoms with Crippen LogP contribution in [0.5, 0.6) is 0 Å². The smallest absolute Gasteiger partial charge is 0.280 e. The minimum atomic E-state index is -1.01. The fourth-order valence-electron chi connectivity index (χ4n) is 3.85. The maximum Gasteiger partial charge on any atom is 0.280 e. The largest absolute Gasteiger partial charge is 0.364 e. The second-order valence-electron chi connectivity index (χ2n) is 5.99. The van der Waals surface area contributed by atoms with E-state index in [0.717, 1.165) is 0 Å². The number of hydrogen-bond donors (Lipinski definition) is 0. The minimum absolute atomic E-state index is 0.194. The third-order valence-electron chi connectivity index (χ3n) is 4.47. The molecule has 4 saturated heterocycles. The Bertz CT molecular complexity index is 366. The van der Waals surface area contributed by atoms with Gasteiger partial charge < -0.3 is 33.2 Å². The van der Waals surface area contributed by atoms with Crippen molar-refractivity contribution in [3.05, 3.63) is 0 Å². The van der Waals surface area contributed by atoms with E-state index in [9.17, 15) is 0 Å². The molecule has 0 aromatic carbocycles. The molecule has 4 fully saturated rings. The first kappa shape index (κ1) is 14.3. The summed E-state index contributed by atoms with van der Waals surface area (Å²) in [5, 5.41) is 0. The Labute approximate surface area is 123 Å². The molecule has 4 aliphatic rings. The summed E-state index contributed by atoms with van der Waals surface area (Å²) in [4.78, 5) is 0. The average Bonchev–Trinajstić information content (AvgIpc) is 3.05. The lowest BCUT2D eigenvalue weighted by molar-refractivity contribution is -0.357. The Balaban J connectivity index is 1.52. The molecule has 2 bridgehead atoms. The Morgan fingerprint density at radius 1 is 0.667 bits per heavy atom. The molecule has 4 heterocycles. The molecule has 0 saturated carbocycles. The van der Waals surface area contributed by atoms with Crippen LogP contribution in [0.15, 0.2) is 0 Å². The van der Waals surface area contributed by atoms with Crippen LogP contribution in [0.1, 0.15) is 27.7 Å². The second-order valence-corrected chi connectivity index (χ2v) is 5.99. The van der Waals surface area contributed by atoms with Gasteiger partial charge in [0.2, 0.25) is 0 Å². The van der Waals surface area contributed by atoms with E-state index in [4.69, 9.17) is 33.2 Å². The second kappa shape index (κ2) is 4.61. The van der Waals surface area contributed by atoms with Crippen LogP contribution in [-0.2, 0) is 33.2 Å². The average molecular weight is 302 g/mol. The molecule has 4 rings (SSSR count). The first-order valence-corrected chi connectivity index (χ1v) is 7.63. The van der Waals surface area contributed by atoms with E-state index in [2.05, 4.69) is 0 Å². The maximum absolute atomic E-state index is 5.94. The van der Waals surface area contributed by atoms with E-state index >= 15 is 0 Å². The molecule has 7 unspecified atom stereocenters. The molecule has 0 amide bonds. The summed E-state index contributed by atoms with van der Waals surface area (Å²) in [7, 11) is 0. The first-order valence-electron chi connectivity index (χ1n) is 7.63. The minimum Gasteiger partial charge on any atom is -0.364 e. The summed E-state index contributed by atoms with van der Waals surface area (Å²) in [6.45, 7) is 8.44. The summed E-state index contributed by atoms with van der Waals surface area (Å²) in [6, 6.07) is 0. The Morgan fingerprint density at radius 3 is 1.29 bits per heavy atom. The van der Waals surface area contributed by atoms with Gasteiger partial charge in [0, 0.05) is 27.1 Å². The van der Waals surface area contributed by atoms with Gasteiger partial charge in [-0.1, -0.05) is 0 Å². The van der Waals surface area contributed by atoms with Crippen molar-refractivity contribution in [2.24, 2.45) is 0 Å². The predicted octanol–water partition coefficient (Wildman–Crippen LogP) is 0.756. The van der Waals surface area contributed by atoms with Gasteiger partial charge in [0.15, 0.2) is 0 Å². The Hall–Kier alpha value is -0.280. The summed E-state index contributed by atoms with van der Waals surface area (Å²) >= 11 is 0. The van der Waals surface area contributed by atoms with E-state index in [1.54, 1.807) is 13.8 Å². The number of ether oxygens (including phenoxy) is 7. The highest BCUT2D eigenvalue weighted by Gasteiger charge is 2.71. The molecule has 0 aliphatic carbocycles. The Morgan fingerprint density at radius 2 is 1.00 bits per heavy atom. The quantitative estimate of drug-likeness (QED) is 0.759. The van der Waals surface area contributed by atoms with Crippen LogP contribution in [0.2, 0.25) is 0 Å². The van der Waals surface area contributed by atoms with E-state index in [-0.39, 0.29) is 36.6 Å². The van der Waals surface area contributed by atoms with Crippen LogP contribution in [0, 0.1) is 0 Å². The molecule has 0 N–H and O–H groups in total. The van der Waals surface area contributed by atoms with Crippen molar-refractivity contribution in [3.8, 4) is 0 Å². The highest BCUT2D eigenvalue weighted by atomic mass is 16.9. The third-order valence-corrected chi connectivity index (χ3v) is 4.47. The van der Waals surface area contributed by atoms with Crippen LogP contribution in [0.3, 0.4) is 0 Å². The van der Waals surface area contributed by atoms with E-state index < -0.39 is 11.9 Å². The van der Waals surface area contributed by atoms with Crippen LogP contribution in [-0.4, -0.2) is 61.8 Å². The van der Waals surface area contributed by atoms with Gasteiger partial charge in [0.25, 0.3) is 11.9 Å². The van der Waals surface area contributed by atoms with Gasteiger partial charge in [-0.2, -0.15) is 0 Å². The van der Waals surface area contributed by atoms with E-state index in [1.165, 1.54) is 0 Å². The summed E-state index contributed by atoms with van der Waals surface area (Å²) in [5.74, 6) is -2.02. The van der Waals surface area contributed by atoms with E-state index in [1.807, 2.05) is 13.8 Å². The zero-order valence-corrected chi connectivity index (χ0v) is 12.7. The van der Waals surface area contributed by atoms with Gasteiger partial charge in [-0.25, -0.2) is 0 Å². The van der Waals surface area contributed by atoms with Crippen molar-refractivity contribution >= 4 is 0 Å². The highest BCUT2D eigenvalue weighted by molar-refractivity contribution is 5.14. The van der Waals surface area contributed by atoms with Gasteiger partial charge in [-0.15, -0.1) is 0 Å². The van der Waals surface area contributed by atoms with Gasteiger partial charge in [-0.3, -0.25) is 0 Å². The van der Waals surface area contributed by atoms with Crippen LogP contribution < -0.4 is 0 Å². The fraction of sp³-hybridized carbons (Fsp3) is 1.00. The topological polar surface area (TPSA) is 64.6 Å². The normalized spacial score (nSPS) is 57.7. The lowest BCUT2D eigenvalue weighted by atomic mass is 9.90. The number of rotatable bonds is 4. The monoisotopic (exact) mass is 302 g/mol. The van der Waals surface area contributed by atoms with Crippen molar-refractivity contribution < 1.29 is 33.2 Å². The molecular formula is C14H22O7. The maximum atomic E-state index is 5.94. The van der Waals surface area contributed by atoms with Crippen molar-refractivity contribution in [3.63, 3.8) is 0 Å². The zero-order valence-electron chi connectivity index (χ0n) is 12.7. The van der Waals surface area contributed by atoms with Crippen LogP contribution in [0.25, 0.3) is 0 Å². The molecule has 0 radical (unpaired) electrons. The Kier molecular flexibility index (Phi) is 3.14. The highest BCUT2D eigenvalue weighted by Crippen LogP contribution is 2.52. The lowest BCUT2D eigenvalue weighted by Gasteiger charge is -2.27. The van der Waals surface area contributed by atoms with Gasteiger partial charge in [0.1, 0.15) is 36.6 Å². The van der Waals surface area contributed by atoms with E-state index in [0.29, 0.717) is 13.2 Å². The van der Waals surface area contributed by atoms with Gasteiger partial charge >= 0.3 is 0 Å². The molecule has 4 aliphatic heterocycles. The number of hydrogen-bond acceptors (Lipinski definition) is 7. The molecule has 0 spiro atoms. The first-order chi connectivity index (χ1) is 9.99. The summed E-state index contributed by atoms with van der Waals surface area (Å²) in [6.07, 6.45) is -1.20. The van der Waals surface area contributed by atoms with Crippen molar-refractivity contribution in [1.82, 2.24) is 0 Å².